The van der Waals surface area contributed by atoms with Crippen LogP contribution in [0.15, 0.2) is 60.0 Å². The number of benzene rings is 2. The lowest BCUT2D eigenvalue weighted by Gasteiger charge is -2.14. The first-order valence-electron chi connectivity index (χ1n) is 8.10. The van der Waals surface area contributed by atoms with Gasteiger partial charge in [0.05, 0.1) is 6.10 Å². The lowest BCUT2D eigenvalue weighted by atomic mass is 10.1. The number of thioether (sulfide) groups is 1. The molecule has 130 valence electrons. The zero-order valence-electron chi connectivity index (χ0n) is 14.3. The van der Waals surface area contributed by atoms with Gasteiger partial charge in [0.1, 0.15) is 18.7 Å². The molecule has 0 radical (unpaired) electrons. The SMILES string of the molecule is Cc1ccc(C)c(OCC(O)CSc2nncn2-c2ccccc2)c1. The molecule has 0 aliphatic carbocycles. The van der Waals surface area contributed by atoms with Crippen molar-refractivity contribution in [2.45, 2.75) is 25.1 Å². The summed E-state index contributed by atoms with van der Waals surface area (Å²) in [4.78, 5) is 0. The van der Waals surface area contributed by atoms with Gasteiger partial charge in [-0.05, 0) is 43.2 Å². The Balaban J connectivity index is 1.56. The summed E-state index contributed by atoms with van der Waals surface area (Å²) < 4.78 is 7.66. The number of aliphatic hydroxyl groups excluding tert-OH is 1. The fraction of sp³-hybridized carbons (Fsp3) is 0.263. The summed E-state index contributed by atoms with van der Waals surface area (Å²) in [5, 5.41) is 19.1. The van der Waals surface area contributed by atoms with E-state index in [1.54, 1.807) is 6.33 Å². The minimum Gasteiger partial charge on any atom is -0.491 e. The summed E-state index contributed by atoms with van der Waals surface area (Å²) in [6, 6.07) is 15.9. The van der Waals surface area contributed by atoms with Crippen molar-refractivity contribution >= 4 is 11.8 Å². The number of rotatable bonds is 7. The molecule has 1 unspecified atom stereocenters. The lowest BCUT2D eigenvalue weighted by Crippen LogP contribution is -2.20. The third-order valence-corrected chi connectivity index (χ3v) is 4.82. The van der Waals surface area contributed by atoms with Crippen LogP contribution < -0.4 is 4.74 Å². The largest absolute Gasteiger partial charge is 0.491 e. The molecule has 0 fully saturated rings. The Labute approximate surface area is 151 Å². The minimum atomic E-state index is -0.592. The molecule has 2 aromatic carbocycles. The maximum absolute atomic E-state index is 10.2. The van der Waals surface area contributed by atoms with Gasteiger partial charge in [0.25, 0.3) is 0 Å². The van der Waals surface area contributed by atoms with E-state index in [1.165, 1.54) is 11.8 Å². The number of aryl methyl sites for hydroxylation is 2. The number of aromatic nitrogens is 3. The molecular formula is C19H21N3O2S. The van der Waals surface area contributed by atoms with Crippen LogP contribution in [0.4, 0.5) is 0 Å². The first-order chi connectivity index (χ1) is 12.1. The zero-order chi connectivity index (χ0) is 17.6. The van der Waals surface area contributed by atoms with Gasteiger partial charge in [0.15, 0.2) is 5.16 Å². The third-order valence-electron chi connectivity index (χ3n) is 3.73. The highest BCUT2D eigenvalue weighted by Gasteiger charge is 2.12. The van der Waals surface area contributed by atoms with Crippen LogP contribution in [0.1, 0.15) is 11.1 Å². The van der Waals surface area contributed by atoms with Gasteiger partial charge in [-0.15, -0.1) is 10.2 Å². The molecular weight excluding hydrogens is 334 g/mol. The van der Waals surface area contributed by atoms with Gasteiger partial charge >= 0.3 is 0 Å². The third kappa shape index (κ3) is 4.61. The molecule has 5 nitrogen and oxygen atoms in total. The van der Waals surface area contributed by atoms with Gasteiger partial charge < -0.3 is 9.84 Å². The molecule has 1 N–H and O–H groups in total. The number of hydrogen-bond acceptors (Lipinski definition) is 5. The van der Waals surface area contributed by atoms with E-state index in [4.69, 9.17) is 4.74 Å². The van der Waals surface area contributed by atoms with Crippen molar-refractivity contribution in [2.24, 2.45) is 0 Å². The van der Waals surface area contributed by atoms with E-state index in [9.17, 15) is 5.11 Å². The summed E-state index contributed by atoms with van der Waals surface area (Å²) in [5.74, 6) is 1.30. The number of aliphatic hydroxyl groups is 1. The van der Waals surface area contributed by atoms with Crippen molar-refractivity contribution in [3.63, 3.8) is 0 Å². The molecule has 0 aliphatic heterocycles. The van der Waals surface area contributed by atoms with E-state index in [1.807, 2.05) is 66.9 Å². The number of hydrogen-bond donors (Lipinski definition) is 1. The predicted molar refractivity (Wildman–Crippen MR) is 99.5 cm³/mol. The van der Waals surface area contributed by atoms with Gasteiger partial charge in [0, 0.05) is 11.4 Å². The van der Waals surface area contributed by atoms with E-state index in [0.717, 1.165) is 27.7 Å². The Kier molecular flexibility index (Phi) is 5.73. The quantitative estimate of drug-likeness (QED) is 0.658. The number of nitrogens with zero attached hydrogens (tertiary/aromatic N) is 3. The average molecular weight is 355 g/mol. The second kappa shape index (κ2) is 8.18. The fourth-order valence-electron chi connectivity index (χ4n) is 2.36. The minimum absolute atomic E-state index is 0.247. The van der Waals surface area contributed by atoms with E-state index < -0.39 is 6.10 Å². The van der Waals surface area contributed by atoms with Gasteiger partial charge in [0.2, 0.25) is 0 Å². The van der Waals surface area contributed by atoms with Crippen LogP contribution in [0.3, 0.4) is 0 Å². The molecule has 1 atom stereocenters. The van der Waals surface area contributed by atoms with Crippen LogP contribution in [-0.2, 0) is 0 Å². The lowest BCUT2D eigenvalue weighted by molar-refractivity contribution is 0.126. The zero-order valence-corrected chi connectivity index (χ0v) is 15.1. The smallest absolute Gasteiger partial charge is 0.195 e. The Bertz CT molecular complexity index is 821. The van der Waals surface area contributed by atoms with Crippen molar-refractivity contribution < 1.29 is 9.84 Å². The van der Waals surface area contributed by atoms with Gasteiger partial charge in [-0.2, -0.15) is 0 Å². The molecule has 3 aromatic rings. The Morgan fingerprint density at radius 3 is 2.76 bits per heavy atom. The summed E-state index contributed by atoms with van der Waals surface area (Å²) >= 11 is 1.46. The first-order valence-corrected chi connectivity index (χ1v) is 9.08. The average Bonchev–Trinajstić information content (AvgIpc) is 3.10. The topological polar surface area (TPSA) is 60.2 Å². The van der Waals surface area contributed by atoms with Crippen LogP contribution in [0.25, 0.3) is 5.69 Å². The first kappa shape index (κ1) is 17.5. The molecule has 0 amide bonds. The molecule has 0 aliphatic rings. The monoisotopic (exact) mass is 355 g/mol. The highest BCUT2D eigenvalue weighted by Crippen LogP contribution is 2.22. The molecule has 0 bridgehead atoms. The summed E-state index contributed by atoms with van der Waals surface area (Å²) in [7, 11) is 0. The second-order valence-electron chi connectivity index (χ2n) is 5.86. The van der Waals surface area contributed by atoms with E-state index in [-0.39, 0.29) is 6.61 Å². The van der Waals surface area contributed by atoms with Gasteiger partial charge in [-0.1, -0.05) is 42.1 Å². The van der Waals surface area contributed by atoms with Crippen LogP contribution in [0.5, 0.6) is 5.75 Å². The summed E-state index contributed by atoms with van der Waals surface area (Å²) in [6.07, 6.45) is 1.09. The Morgan fingerprint density at radius 2 is 1.96 bits per heavy atom. The van der Waals surface area contributed by atoms with Crippen molar-refractivity contribution in [2.75, 3.05) is 12.4 Å². The number of ether oxygens (including phenoxy) is 1. The second-order valence-corrected chi connectivity index (χ2v) is 6.85. The fourth-order valence-corrected chi connectivity index (χ4v) is 3.19. The van der Waals surface area contributed by atoms with Crippen molar-refractivity contribution in [3.8, 4) is 11.4 Å². The molecule has 1 aromatic heterocycles. The molecule has 0 saturated carbocycles. The van der Waals surface area contributed by atoms with Crippen molar-refractivity contribution in [1.82, 2.24) is 14.8 Å². The molecule has 1 heterocycles. The van der Waals surface area contributed by atoms with Crippen molar-refractivity contribution in [1.29, 1.82) is 0 Å². The van der Waals surface area contributed by atoms with Crippen LogP contribution in [0, 0.1) is 13.8 Å². The van der Waals surface area contributed by atoms with E-state index in [2.05, 4.69) is 10.2 Å². The molecule has 0 spiro atoms. The highest BCUT2D eigenvalue weighted by molar-refractivity contribution is 7.99. The highest BCUT2D eigenvalue weighted by atomic mass is 32.2. The van der Waals surface area contributed by atoms with Crippen LogP contribution in [0.2, 0.25) is 0 Å². The van der Waals surface area contributed by atoms with Gasteiger partial charge in [-0.3, -0.25) is 4.57 Å². The van der Waals surface area contributed by atoms with Gasteiger partial charge in [-0.25, -0.2) is 0 Å². The normalized spacial score (nSPS) is 12.1. The number of para-hydroxylation sites is 1. The van der Waals surface area contributed by atoms with Crippen LogP contribution in [-0.4, -0.2) is 38.3 Å². The molecule has 6 heteroatoms. The van der Waals surface area contributed by atoms with E-state index in [0.29, 0.717) is 5.75 Å². The maximum atomic E-state index is 10.2. The molecule has 25 heavy (non-hydrogen) atoms. The summed E-state index contributed by atoms with van der Waals surface area (Å²) in [5.41, 5.74) is 3.20. The van der Waals surface area contributed by atoms with Crippen molar-refractivity contribution in [3.05, 3.63) is 66.0 Å². The van der Waals surface area contributed by atoms with E-state index >= 15 is 0 Å². The molecule has 0 saturated heterocycles. The predicted octanol–water partition coefficient (Wildman–Crippen LogP) is 3.42. The molecule has 3 rings (SSSR count). The summed E-state index contributed by atoms with van der Waals surface area (Å²) in [6.45, 7) is 4.27. The Hall–Kier alpha value is -2.31. The van der Waals surface area contributed by atoms with Crippen LogP contribution >= 0.6 is 11.8 Å². The standard InChI is InChI=1S/C19H21N3O2S/c1-14-8-9-15(2)18(10-14)24-11-17(23)12-25-19-21-20-13-22(19)16-6-4-3-5-7-16/h3-10,13,17,23H,11-12H2,1-2H3. The Morgan fingerprint density at radius 1 is 1.16 bits per heavy atom. The maximum Gasteiger partial charge on any atom is 0.195 e.